The standard InChI is InChI=1S/C10H18N2O.ClH/c1-6-7-12(4,5)8-11-10(13)9(2)3;/h6-7H,2,8H2,1,3-5H3;1H. The molecule has 0 spiro atoms. The number of amides is 1. The molecule has 0 bridgehead atoms. The van der Waals surface area contributed by atoms with Crippen molar-refractivity contribution in [3.8, 4) is 0 Å². The van der Waals surface area contributed by atoms with E-state index in [9.17, 15) is 4.79 Å². The third-order valence-electron chi connectivity index (χ3n) is 1.59. The van der Waals surface area contributed by atoms with Crippen LogP contribution in [-0.2, 0) is 4.79 Å². The maximum Gasteiger partial charge on any atom is 0.250 e. The summed E-state index contributed by atoms with van der Waals surface area (Å²) < 4.78 is 0.634. The summed E-state index contributed by atoms with van der Waals surface area (Å²) >= 11 is 0. The number of carbonyl (C=O) groups excluding carboxylic acids is 1. The van der Waals surface area contributed by atoms with Crippen molar-refractivity contribution >= 4 is 5.91 Å². The number of allylic oxidation sites excluding steroid dienone is 1. The number of hydrogen-bond acceptors (Lipinski definition) is 1. The molecule has 14 heavy (non-hydrogen) atoms. The minimum Gasteiger partial charge on any atom is -1.00 e. The Labute approximate surface area is 92.5 Å². The first-order valence-corrected chi connectivity index (χ1v) is 4.29. The van der Waals surface area contributed by atoms with Gasteiger partial charge in [-0.3, -0.25) is 9.28 Å². The predicted molar refractivity (Wildman–Crippen MR) is 54.7 cm³/mol. The summed E-state index contributed by atoms with van der Waals surface area (Å²) in [6, 6.07) is 0. The smallest absolute Gasteiger partial charge is 0.250 e. The van der Waals surface area contributed by atoms with Gasteiger partial charge in [-0.2, -0.15) is 0 Å². The van der Waals surface area contributed by atoms with Crippen LogP contribution in [0.2, 0.25) is 0 Å². The van der Waals surface area contributed by atoms with Crippen LogP contribution in [0.15, 0.2) is 24.4 Å². The molecule has 0 heterocycles. The van der Waals surface area contributed by atoms with Gasteiger partial charge in [-0.05, 0) is 19.9 Å². The van der Waals surface area contributed by atoms with E-state index in [2.05, 4.69) is 11.9 Å². The van der Waals surface area contributed by atoms with Crippen molar-refractivity contribution in [1.82, 2.24) is 5.32 Å². The second-order valence-electron chi connectivity index (χ2n) is 3.71. The number of carbonyl (C=O) groups is 1. The fourth-order valence-electron chi connectivity index (χ4n) is 0.883. The second kappa shape index (κ2) is 6.62. The number of nitrogens with one attached hydrogen (secondary N) is 1. The Morgan fingerprint density at radius 3 is 2.36 bits per heavy atom. The van der Waals surface area contributed by atoms with Gasteiger partial charge in [0.05, 0.1) is 20.3 Å². The van der Waals surface area contributed by atoms with E-state index in [1.165, 1.54) is 0 Å². The molecule has 1 N–H and O–H groups in total. The zero-order chi connectivity index (χ0) is 10.5. The number of nitrogens with zero attached hydrogens (tertiary/aromatic N) is 1. The van der Waals surface area contributed by atoms with Crippen molar-refractivity contribution in [3.63, 3.8) is 0 Å². The predicted octanol–water partition coefficient (Wildman–Crippen LogP) is -1.75. The first kappa shape index (κ1) is 15.7. The van der Waals surface area contributed by atoms with E-state index >= 15 is 0 Å². The lowest BCUT2D eigenvalue weighted by molar-refractivity contribution is -0.840. The minimum absolute atomic E-state index is 0. The van der Waals surface area contributed by atoms with Gasteiger partial charge in [0.2, 0.25) is 0 Å². The molecule has 3 nitrogen and oxygen atoms in total. The van der Waals surface area contributed by atoms with Gasteiger partial charge in [0, 0.05) is 5.57 Å². The molecule has 0 aliphatic heterocycles. The zero-order valence-corrected chi connectivity index (χ0v) is 10.1. The fraction of sp³-hybridized carbons (Fsp3) is 0.500. The SMILES string of the molecule is C=C(C)C(=O)NC[N+](C)(C)C=CC.[Cl-]. The molecule has 0 aromatic rings. The summed E-state index contributed by atoms with van der Waals surface area (Å²) in [5.74, 6) is -0.0873. The normalized spacial score (nSPS) is 10.9. The highest BCUT2D eigenvalue weighted by Crippen LogP contribution is 1.96. The Morgan fingerprint density at radius 2 is 2.00 bits per heavy atom. The summed E-state index contributed by atoms with van der Waals surface area (Å²) in [7, 11) is 4.03. The first-order chi connectivity index (χ1) is 5.89. The van der Waals surface area contributed by atoms with Gasteiger partial charge in [-0.25, -0.2) is 0 Å². The summed E-state index contributed by atoms with van der Waals surface area (Å²) in [6.45, 7) is 7.80. The average molecular weight is 219 g/mol. The molecule has 0 aromatic carbocycles. The van der Waals surface area contributed by atoms with Crippen molar-refractivity contribution in [3.05, 3.63) is 24.4 Å². The number of halogens is 1. The molecule has 1 amide bonds. The molecule has 0 radical (unpaired) electrons. The summed E-state index contributed by atoms with van der Waals surface area (Å²) in [4.78, 5) is 11.1. The monoisotopic (exact) mass is 218 g/mol. The van der Waals surface area contributed by atoms with Crippen molar-refractivity contribution in [1.29, 1.82) is 0 Å². The quantitative estimate of drug-likeness (QED) is 0.339. The van der Waals surface area contributed by atoms with Gasteiger partial charge in [-0.15, -0.1) is 0 Å². The largest absolute Gasteiger partial charge is 1.00 e. The molecule has 0 aliphatic carbocycles. The van der Waals surface area contributed by atoms with E-state index in [1.807, 2.05) is 33.3 Å². The number of hydrogen-bond donors (Lipinski definition) is 1. The minimum atomic E-state index is -0.0873. The molecule has 4 heteroatoms. The fourth-order valence-corrected chi connectivity index (χ4v) is 0.883. The van der Waals surface area contributed by atoms with Crippen LogP contribution in [0, 0.1) is 0 Å². The maximum atomic E-state index is 11.1. The van der Waals surface area contributed by atoms with Crippen LogP contribution in [0.3, 0.4) is 0 Å². The Morgan fingerprint density at radius 1 is 1.50 bits per heavy atom. The molecule has 0 fully saturated rings. The number of quaternary nitrogens is 1. The Bertz CT molecular complexity index is 234. The lowest BCUT2D eigenvalue weighted by atomic mass is 10.3. The molecule has 82 valence electrons. The van der Waals surface area contributed by atoms with Gasteiger partial charge < -0.3 is 17.7 Å². The molecule has 0 atom stereocenters. The third kappa shape index (κ3) is 6.69. The van der Waals surface area contributed by atoms with Crippen LogP contribution in [0.4, 0.5) is 0 Å². The molecule has 0 unspecified atom stereocenters. The van der Waals surface area contributed by atoms with Gasteiger partial charge in [0.1, 0.15) is 0 Å². The van der Waals surface area contributed by atoms with Crippen LogP contribution in [0.1, 0.15) is 13.8 Å². The second-order valence-corrected chi connectivity index (χ2v) is 3.71. The zero-order valence-electron chi connectivity index (χ0n) is 9.30. The van der Waals surface area contributed by atoms with Gasteiger partial charge >= 0.3 is 0 Å². The van der Waals surface area contributed by atoms with Crippen molar-refractivity contribution in [2.24, 2.45) is 0 Å². The van der Waals surface area contributed by atoms with Crippen molar-refractivity contribution < 1.29 is 21.7 Å². The lowest BCUT2D eigenvalue weighted by Crippen LogP contribution is -3.00. The highest BCUT2D eigenvalue weighted by atomic mass is 35.5. The molecular weight excluding hydrogens is 200 g/mol. The van der Waals surface area contributed by atoms with Crippen LogP contribution in [0.5, 0.6) is 0 Å². The Hall–Kier alpha value is -0.800. The van der Waals surface area contributed by atoms with Crippen LogP contribution in [-0.4, -0.2) is 31.2 Å². The van der Waals surface area contributed by atoms with Gasteiger partial charge in [0.15, 0.2) is 6.67 Å². The Kier molecular flexibility index (Phi) is 7.41. The van der Waals surface area contributed by atoms with Gasteiger partial charge in [-0.1, -0.05) is 6.58 Å². The van der Waals surface area contributed by atoms with Gasteiger partial charge in [0.25, 0.3) is 5.91 Å². The molecular formula is C10H19ClN2O. The average Bonchev–Trinajstić information content (AvgIpc) is 2.00. The lowest BCUT2D eigenvalue weighted by Gasteiger charge is -2.24. The molecule has 0 rings (SSSR count). The highest BCUT2D eigenvalue weighted by Gasteiger charge is 2.11. The van der Waals surface area contributed by atoms with E-state index in [1.54, 1.807) is 6.92 Å². The summed E-state index contributed by atoms with van der Waals surface area (Å²) in [6.07, 6.45) is 3.98. The van der Waals surface area contributed by atoms with Crippen LogP contribution < -0.4 is 17.7 Å². The maximum absolute atomic E-state index is 11.1. The molecule has 0 saturated carbocycles. The third-order valence-corrected chi connectivity index (χ3v) is 1.59. The van der Waals surface area contributed by atoms with E-state index in [4.69, 9.17) is 0 Å². The van der Waals surface area contributed by atoms with E-state index in [-0.39, 0.29) is 18.3 Å². The molecule has 0 aliphatic rings. The summed E-state index contributed by atoms with van der Waals surface area (Å²) in [5.41, 5.74) is 0.542. The van der Waals surface area contributed by atoms with E-state index in [0.29, 0.717) is 16.7 Å². The van der Waals surface area contributed by atoms with Crippen molar-refractivity contribution in [2.45, 2.75) is 13.8 Å². The van der Waals surface area contributed by atoms with Crippen LogP contribution in [0.25, 0.3) is 0 Å². The highest BCUT2D eigenvalue weighted by molar-refractivity contribution is 5.91. The molecule has 0 aromatic heterocycles. The topological polar surface area (TPSA) is 29.1 Å². The number of rotatable bonds is 4. The van der Waals surface area contributed by atoms with Crippen LogP contribution >= 0.6 is 0 Å². The Balaban J connectivity index is 0. The summed E-state index contributed by atoms with van der Waals surface area (Å²) in [5, 5.41) is 2.79. The van der Waals surface area contributed by atoms with Crippen molar-refractivity contribution in [2.75, 3.05) is 20.8 Å². The van der Waals surface area contributed by atoms with E-state index < -0.39 is 0 Å². The molecule has 0 saturated heterocycles. The first-order valence-electron chi connectivity index (χ1n) is 4.29. The van der Waals surface area contributed by atoms with E-state index in [0.717, 1.165) is 0 Å².